The number of allylic oxidation sites excluding steroid dienone is 4. The van der Waals surface area contributed by atoms with E-state index in [1.54, 1.807) is 4.40 Å². The van der Waals surface area contributed by atoms with Crippen molar-refractivity contribution >= 4 is 43.8 Å². The van der Waals surface area contributed by atoms with Crippen molar-refractivity contribution in [3.05, 3.63) is 113 Å². The van der Waals surface area contributed by atoms with Crippen molar-refractivity contribution in [2.45, 2.75) is 12.8 Å². The molecule has 0 spiro atoms. The van der Waals surface area contributed by atoms with Gasteiger partial charge in [-0.25, -0.2) is 4.98 Å². The highest BCUT2D eigenvalue weighted by molar-refractivity contribution is 6.18. The lowest BCUT2D eigenvalue weighted by atomic mass is 9.92. The Morgan fingerprint density at radius 1 is 0.758 bits per heavy atom. The van der Waals surface area contributed by atoms with E-state index in [1.165, 1.54) is 11.1 Å². The minimum absolute atomic E-state index is 0.0128. The van der Waals surface area contributed by atoms with E-state index in [9.17, 15) is 4.79 Å². The molecule has 0 saturated heterocycles. The zero-order valence-electron chi connectivity index (χ0n) is 18.0. The highest BCUT2D eigenvalue weighted by Crippen LogP contribution is 2.35. The summed E-state index contributed by atoms with van der Waals surface area (Å²) in [6, 6.07) is 26.8. The van der Waals surface area contributed by atoms with E-state index in [-0.39, 0.29) is 5.56 Å². The SMILES string of the molecule is O=c1c2ccc(C3=CCCC=C3)c3cccc(c32)c2nc3ccc(-c4ccccc4)cc3n12. The van der Waals surface area contributed by atoms with Crippen LogP contribution in [0.1, 0.15) is 18.4 Å². The number of nitrogens with zero attached hydrogens (tertiary/aromatic N) is 2. The van der Waals surface area contributed by atoms with Crippen LogP contribution >= 0.6 is 0 Å². The summed E-state index contributed by atoms with van der Waals surface area (Å²) < 4.78 is 1.79. The molecule has 33 heavy (non-hydrogen) atoms. The molecular weight excluding hydrogens is 404 g/mol. The fourth-order valence-electron chi connectivity index (χ4n) is 5.23. The lowest BCUT2D eigenvalue weighted by Crippen LogP contribution is -2.13. The van der Waals surface area contributed by atoms with Gasteiger partial charge in [0.1, 0.15) is 5.65 Å². The average molecular weight is 425 g/mol. The first-order valence-corrected chi connectivity index (χ1v) is 11.4. The average Bonchev–Trinajstić information content (AvgIpc) is 3.27. The molecule has 1 aliphatic rings. The van der Waals surface area contributed by atoms with Gasteiger partial charge in [0.2, 0.25) is 0 Å². The molecule has 0 radical (unpaired) electrons. The van der Waals surface area contributed by atoms with Crippen molar-refractivity contribution in [2.75, 3.05) is 0 Å². The summed E-state index contributed by atoms with van der Waals surface area (Å²) in [5, 5.41) is 3.87. The van der Waals surface area contributed by atoms with Crippen molar-refractivity contribution in [3.63, 3.8) is 0 Å². The van der Waals surface area contributed by atoms with Crippen molar-refractivity contribution in [2.24, 2.45) is 0 Å². The third-order valence-corrected chi connectivity index (χ3v) is 6.78. The van der Waals surface area contributed by atoms with E-state index >= 15 is 0 Å². The second-order valence-corrected chi connectivity index (χ2v) is 8.67. The number of fused-ring (bicyclic) bond motifs is 4. The molecule has 0 bridgehead atoms. The van der Waals surface area contributed by atoms with E-state index in [1.807, 2.05) is 30.3 Å². The van der Waals surface area contributed by atoms with E-state index in [0.717, 1.165) is 62.2 Å². The predicted molar refractivity (Wildman–Crippen MR) is 137 cm³/mol. The fraction of sp³-hybridized carbons (Fsp3) is 0.0667. The van der Waals surface area contributed by atoms with Crippen LogP contribution in [0.3, 0.4) is 0 Å². The van der Waals surface area contributed by atoms with Crippen LogP contribution in [0.4, 0.5) is 0 Å². The molecule has 1 aliphatic carbocycles. The van der Waals surface area contributed by atoms with E-state index < -0.39 is 0 Å². The Kier molecular flexibility index (Phi) is 3.82. The van der Waals surface area contributed by atoms with Gasteiger partial charge >= 0.3 is 0 Å². The molecule has 0 unspecified atom stereocenters. The molecule has 156 valence electrons. The Hall–Kier alpha value is -4.24. The molecule has 0 saturated carbocycles. The van der Waals surface area contributed by atoms with Crippen molar-refractivity contribution in [1.29, 1.82) is 0 Å². The van der Waals surface area contributed by atoms with Gasteiger partial charge in [-0.1, -0.05) is 78.9 Å². The normalized spacial score (nSPS) is 14.0. The smallest absolute Gasteiger partial charge is 0.264 e. The first kappa shape index (κ1) is 18.3. The van der Waals surface area contributed by atoms with Crippen LogP contribution in [-0.4, -0.2) is 9.38 Å². The van der Waals surface area contributed by atoms with Gasteiger partial charge in [0.15, 0.2) is 0 Å². The van der Waals surface area contributed by atoms with Crippen LogP contribution in [-0.2, 0) is 0 Å². The first-order valence-electron chi connectivity index (χ1n) is 11.4. The number of benzene rings is 4. The summed E-state index contributed by atoms with van der Waals surface area (Å²) in [6.45, 7) is 0. The van der Waals surface area contributed by atoms with Crippen molar-refractivity contribution < 1.29 is 0 Å². The van der Waals surface area contributed by atoms with E-state index in [4.69, 9.17) is 4.98 Å². The molecule has 0 N–H and O–H groups in total. The quantitative estimate of drug-likeness (QED) is 0.300. The summed E-state index contributed by atoms with van der Waals surface area (Å²) >= 11 is 0. The van der Waals surface area contributed by atoms with Crippen LogP contribution in [0.5, 0.6) is 0 Å². The number of hydrogen-bond donors (Lipinski definition) is 0. The molecule has 0 aliphatic heterocycles. The molecule has 7 rings (SSSR count). The molecule has 2 aromatic heterocycles. The molecule has 2 heterocycles. The number of pyridine rings is 1. The van der Waals surface area contributed by atoms with Gasteiger partial charge < -0.3 is 0 Å². The van der Waals surface area contributed by atoms with Crippen LogP contribution in [0.2, 0.25) is 0 Å². The number of hydrogen-bond acceptors (Lipinski definition) is 2. The molecule has 3 nitrogen and oxygen atoms in total. The highest BCUT2D eigenvalue weighted by Gasteiger charge is 2.18. The lowest BCUT2D eigenvalue weighted by molar-refractivity contribution is 1.04. The van der Waals surface area contributed by atoms with Gasteiger partial charge in [0.05, 0.1) is 11.0 Å². The third-order valence-electron chi connectivity index (χ3n) is 6.78. The monoisotopic (exact) mass is 424 g/mol. The minimum atomic E-state index is -0.0128. The Balaban J connectivity index is 1.59. The zero-order chi connectivity index (χ0) is 21.9. The summed E-state index contributed by atoms with van der Waals surface area (Å²) in [4.78, 5) is 18.7. The van der Waals surface area contributed by atoms with Gasteiger partial charge in [-0.15, -0.1) is 0 Å². The van der Waals surface area contributed by atoms with Gasteiger partial charge in [0.25, 0.3) is 5.56 Å². The predicted octanol–water partition coefficient (Wildman–Crippen LogP) is 6.99. The fourth-order valence-corrected chi connectivity index (χ4v) is 5.23. The standard InChI is InChI=1S/C30H20N2O/c33-30-25-16-15-22(20-10-5-2-6-11-20)23-12-7-13-24(28(23)25)29-31-26-17-14-21(18-27(26)32(29)30)19-8-3-1-4-9-19/h1,3-5,7-18H,2,6H2. The molecule has 0 atom stereocenters. The Morgan fingerprint density at radius 3 is 2.48 bits per heavy atom. The van der Waals surface area contributed by atoms with Gasteiger partial charge in [0, 0.05) is 16.2 Å². The van der Waals surface area contributed by atoms with Crippen LogP contribution in [0.25, 0.3) is 54.9 Å². The largest absolute Gasteiger partial charge is 0.268 e. The third kappa shape index (κ3) is 2.63. The van der Waals surface area contributed by atoms with Crippen LogP contribution in [0.15, 0.2) is 102 Å². The van der Waals surface area contributed by atoms with Gasteiger partial charge in [-0.05, 0) is 58.7 Å². The van der Waals surface area contributed by atoms with Crippen molar-refractivity contribution in [3.8, 4) is 11.1 Å². The highest BCUT2D eigenvalue weighted by atomic mass is 16.1. The molecular formula is C30H20N2O. The van der Waals surface area contributed by atoms with Gasteiger partial charge in [-0.2, -0.15) is 0 Å². The minimum Gasteiger partial charge on any atom is -0.268 e. The van der Waals surface area contributed by atoms with E-state index in [2.05, 4.69) is 66.8 Å². The first-order chi connectivity index (χ1) is 16.3. The second-order valence-electron chi connectivity index (χ2n) is 8.67. The van der Waals surface area contributed by atoms with Gasteiger partial charge in [-0.3, -0.25) is 9.20 Å². The number of rotatable bonds is 2. The lowest BCUT2D eigenvalue weighted by Gasteiger charge is -2.14. The summed E-state index contributed by atoms with van der Waals surface area (Å²) in [5.74, 6) is 0. The van der Waals surface area contributed by atoms with E-state index in [0.29, 0.717) is 0 Å². The maximum atomic E-state index is 13.8. The molecule has 4 aromatic carbocycles. The van der Waals surface area contributed by atoms with Crippen LogP contribution in [0, 0.1) is 0 Å². The zero-order valence-corrected chi connectivity index (χ0v) is 18.0. The number of aromatic nitrogens is 2. The summed E-state index contributed by atoms with van der Waals surface area (Å²) in [5.41, 5.74) is 7.00. The summed E-state index contributed by atoms with van der Waals surface area (Å²) in [7, 11) is 0. The maximum absolute atomic E-state index is 13.8. The number of imidazole rings is 1. The second kappa shape index (κ2) is 6.88. The van der Waals surface area contributed by atoms with Crippen LogP contribution < -0.4 is 5.56 Å². The Labute approximate surface area is 190 Å². The Morgan fingerprint density at radius 2 is 1.64 bits per heavy atom. The topological polar surface area (TPSA) is 34.4 Å². The molecule has 6 aromatic rings. The maximum Gasteiger partial charge on any atom is 0.264 e. The molecule has 3 heteroatoms. The Bertz CT molecular complexity index is 1820. The summed E-state index contributed by atoms with van der Waals surface area (Å²) in [6.07, 6.45) is 8.83. The molecule has 0 amide bonds. The van der Waals surface area contributed by atoms with Crippen molar-refractivity contribution in [1.82, 2.24) is 9.38 Å². The molecule has 0 fully saturated rings.